The molecule has 4 rings (SSSR count). The molecule has 1 N–H and O–H groups in total. The van der Waals surface area contributed by atoms with E-state index in [0.717, 1.165) is 11.3 Å². The number of ether oxygens (including phenoxy) is 1. The highest BCUT2D eigenvalue weighted by Crippen LogP contribution is 2.28. The molecule has 2 aliphatic rings. The van der Waals surface area contributed by atoms with Crippen LogP contribution in [0.2, 0.25) is 0 Å². The first-order valence-corrected chi connectivity index (χ1v) is 11.6. The number of carbonyl (C=O) groups excluding carboxylic acids is 3. The highest BCUT2D eigenvalue weighted by molar-refractivity contribution is 7.98. The Labute approximate surface area is 177 Å². The van der Waals surface area contributed by atoms with Crippen LogP contribution in [0, 0.1) is 0 Å². The van der Waals surface area contributed by atoms with Crippen LogP contribution in [0.3, 0.4) is 0 Å². The van der Waals surface area contributed by atoms with E-state index in [1.165, 1.54) is 11.3 Å². The lowest BCUT2D eigenvalue weighted by atomic mass is 10.1. The van der Waals surface area contributed by atoms with Crippen LogP contribution >= 0.6 is 23.1 Å². The number of benzene rings is 1. The molecule has 6 nitrogen and oxygen atoms in total. The summed E-state index contributed by atoms with van der Waals surface area (Å²) in [4.78, 5) is 39.6. The van der Waals surface area contributed by atoms with Gasteiger partial charge >= 0.3 is 0 Å². The Balaban J connectivity index is 1.45. The molecule has 29 heavy (non-hydrogen) atoms. The van der Waals surface area contributed by atoms with Gasteiger partial charge in [-0.1, -0.05) is 30.3 Å². The Morgan fingerprint density at radius 3 is 2.86 bits per heavy atom. The summed E-state index contributed by atoms with van der Waals surface area (Å²) in [5.74, 6) is 0.649. The first kappa shape index (κ1) is 20.1. The Hall–Kier alpha value is -2.16. The molecule has 0 spiro atoms. The van der Waals surface area contributed by atoms with Crippen LogP contribution in [0.1, 0.15) is 22.3 Å². The van der Waals surface area contributed by atoms with Crippen molar-refractivity contribution in [3.05, 3.63) is 58.3 Å². The van der Waals surface area contributed by atoms with Gasteiger partial charge < -0.3 is 15.0 Å². The highest BCUT2D eigenvalue weighted by Gasteiger charge is 2.48. The molecule has 2 aromatic rings. The van der Waals surface area contributed by atoms with Gasteiger partial charge in [0.15, 0.2) is 5.78 Å². The Morgan fingerprint density at radius 1 is 1.28 bits per heavy atom. The molecular weight excluding hydrogens is 408 g/mol. The van der Waals surface area contributed by atoms with Crippen molar-refractivity contribution >= 4 is 40.7 Å². The normalized spacial score (nSPS) is 21.8. The molecule has 0 aliphatic carbocycles. The standard InChI is InChI=1S/C21H22N2O4S2/c24-17-10-27-18-6-8-23(19(17)18)21(26)16(22-20(25)15-7-9-28-12-15)13-29-11-14-4-2-1-3-5-14/h1-5,7,9,12,16,18-19H,6,8,10-11,13H2,(H,22,25)/t16?,18-,19-/m1/s1. The lowest BCUT2D eigenvalue weighted by Gasteiger charge is -2.27. The molecule has 3 heterocycles. The van der Waals surface area contributed by atoms with Crippen LogP contribution in [0.25, 0.3) is 0 Å². The number of nitrogens with one attached hydrogen (secondary N) is 1. The van der Waals surface area contributed by atoms with Gasteiger partial charge in [0.05, 0.1) is 11.7 Å². The summed E-state index contributed by atoms with van der Waals surface area (Å²) in [6, 6.07) is 10.5. The van der Waals surface area contributed by atoms with Gasteiger partial charge in [0.2, 0.25) is 5.91 Å². The second-order valence-corrected chi connectivity index (χ2v) is 8.93. The van der Waals surface area contributed by atoms with Crippen LogP contribution in [0.4, 0.5) is 0 Å². The van der Waals surface area contributed by atoms with E-state index in [-0.39, 0.29) is 30.3 Å². The number of hydrogen-bond donors (Lipinski definition) is 1. The van der Waals surface area contributed by atoms with Gasteiger partial charge in [0, 0.05) is 23.4 Å². The van der Waals surface area contributed by atoms with E-state index in [1.54, 1.807) is 28.1 Å². The minimum atomic E-state index is -0.691. The Kier molecular flexibility index (Phi) is 6.32. The molecule has 1 aromatic carbocycles. The number of fused-ring (bicyclic) bond motifs is 1. The van der Waals surface area contributed by atoms with Gasteiger partial charge in [0.1, 0.15) is 18.7 Å². The summed E-state index contributed by atoms with van der Waals surface area (Å²) in [7, 11) is 0. The van der Waals surface area contributed by atoms with Crippen molar-refractivity contribution in [2.75, 3.05) is 18.9 Å². The van der Waals surface area contributed by atoms with Crippen LogP contribution in [-0.2, 0) is 20.1 Å². The number of nitrogens with zero attached hydrogens (tertiary/aromatic N) is 1. The maximum Gasteiger partial charge on any atom is 0.252 e. The number of ketones is 1. The van der Waals surface area contributed by atoms with E-state index in [0.29, 0.717) is 24.3 Å². The van der Waals surface area contributed by atoms with Crippen LogP contribution in [-0.4, -0.2) is 59.6 Å². The van der Waals surface area contributed by atoms with Crippen molar-refractivity contribution in [1.29, 1.82) is 0 Å². The number of likely N-dealkylation sites (tertiary alicyclic amines) is 1. The number of rotatable bonds is 7. The average molecular weight is 431 g/mol. The summed E-state index contributed by atoms with van der Waals surface area (Å²) in [6.45, 7) is 0.544. The molecule has 2 fully saturated rings. The summed E-state index contributed by atoms with van der Waals surface area (Å²) >= 11 is 3.03. The Morgan fingerprint density at radius 2 is 2.10 bits per heavy atom. The largest absolute Gasteiger partial charge is 0.368 e. The lowest BCUT2D eigenvalue weighted by Crippen LogP contribution is -2.53. The van der Waals surface area contributed by atoms with E-state index in [1.807, 2.05) is 35.7 Å². The quantitative estimate of drug-likeness (QED) is 0.730. The fraction of sp³-hybridized carbons (Fsp3) is 0.381. The fourth-order valence-electron chi connectivity index (χ4n) is 3.72. The van der Waals surface area contributed by atoms with Crippen molar-refractivity contribution in [3.8, 4) is 0 Å². The van der Waals surface area contributed by atoms with E-state index in [9.17, 15) is 14.4 Å². The van der Waals surface area contributed by atoms with E-state index in [2.05, 4.69) is 5.32 Å². The minimum absolute atomic E-state index is 0.0549. The van der Waals surface area contributed by atoms with Crippen LogP contribution < -0.4 is 5.32 Å². The molecule has 2 aliphatic heterocycles. The smallest absolute Gasteiger partial charge is 0.252 e. The number of carbonyl (C=O) groups is 3. The third kappa shape index (κ3) is 4.55. The van der Waals surface area contributed by atoms with Gasteiger partial charge in [-0.3, -0.25) is 14.4 Å². The molecule has 8 heteroatoms. The summed E-state index contributed by atoms with van der Waals surface area (Å²) in [6.07, 6.45) is 0.446. The lowest BCUT2D eigenvalue weighted by molar-refractivity contribution is -0.137. The third-order valence-electron chi connectivity index (χ3n) is 5.18. The van der Waals surface area contributed by atoms with Crippen molar-refractivity contribution < 1.29 is 19.1 Å². The third-order valence-corrected chi connectivity index (χ3v) is 6.97. The average Bonchev–Trinajstić information content (AvgIpc) is 3.47. The second kappa shape index (κ2) is 9.11. The monoisotopic (exact) mass is 430 g/mol. The maximum absolute atomic E-state index is 13.3. The fourth-order valence-corrected chi connectivity index (χ4v) is 5.36. The number of amides is 2. The first-order valence-electron chi connectivity index (χ1n) is 9.53. The SMILES string of the molecule is O=C(NC(CSCc1ccccc1)C(=O)N1CC[C@H]2OCC(=O)[C@H]21)c1ccsc1. The van der Waals surface area contributed by atoms with Crippen molar-refractivity contribution in [3.63, 3.8) is 0 Å². The molecule has 0 radical (unpaired) electrons. The van der Waals surface area contributed by atoms with Crippen molar-refractivity contribution in [2.45, 2.75) is 30.4 Å². The second-order valence-electron chi connectivity index (χ2n) is 7.12. The molecule has 1 unspecified atom stereocenters. The predicted octanol–water partition coefficient (Wildman–Crippen LogP) is 2.35. The molecule has 2 amide bonds. The summed E-state index contributed by atoms with van der Waals surface area (Å²) < 4.78 is 5.49. The zero-order valence-electron chi connectivity index (χ0n) is 15.8. The van der Waals surface area contributed by atoms with Crippen molar-refractivity contribution in [2.24, 2.45) is 0 Å². The molecule has 152 valence electrons. The Bertz CT molecular complexity index is 872. The van der Waals surface area contributed by atoms with Crippen molar-refractivity contribution in [1.82, 2.24) is 10.2 Å². The summed E-state index contributed by atoms with van der Waals surface area (Å²) in [5.41, 5.74) is 1.70. The molecule has 0 bridgehead atoms. The minimum Gasteiger partial charge on any atom is -0.368 e. The van der Waals surface area contributed by atoms with Gasteiger partial charge in [-0.25, -0.2) is 0 Å². The van der Waals surface area contributed by atoms with Crippen LogP contribution in [0.15, 0.2) is 47.2 Å². The molecular formula is C21H22N2O4S2. The summed E-state index contributed by atoms with van der Waals surface area (Å²) in [5, 5.41) is 6.47. The predicted molar refractivity (Wildman–Crippen MR) is 113 cm³/mol. The van der Waals surface area contributed by atoms with E-state index in [4.69, 9.17) is 4.74 Å². The maximum atomic E-state index is 13.3. The molecule has 3 atom stereocenters. The van der Waals surface area contributed by atoms with Gasteiger partial charge in [-0.05, 0) is 23.4 Å². The van der Waals surface area contributed by atoms with Gasteiger partial charge in [-0.2, -0.15) is 23.1 Å². The topological polar surface area (TPSA) is 75.7 Å². The zero-order chi connectivity index (χ0) is 20.2. The zero-order valence-corrected chi connectivity index (χ0v) is 17.4. The van der Waals surface area contributed by atoms with E-state index >= 15 is 0 Å². The van der Waals surface area contributed by atoms with E-state index < -0.39 is 12.1 Å². The number of thioether (sulfide) groups is 1. The molecule has 2 saturated heterocycles. The first-order chi connectivity index (χ1) is 14.1. The van der Waals surface area contributed by atoms with Crippen LogP contribution in [0.5, 0.6) is 0 Å². The van der Waals surface area contributed by atoms with Gasteiger partial charge in [0.25, 0.3) is 5.91 Å². The molecule has 1 aromatic heterocycles. The van der Waals surface area contributed by atoms with Gasteiger partial charge in [-0.15, -0.1) is 0 Å². The number of thiophene rings is 1. The highest BCUT2D eigenvalue weighted by atomic mass is 32.2. The number of hydrogen-bond acceptors (Lipinski definition) is 6. The molecule has 0 saturated carbocycles. The number of Topliss-reactive ketones (excluding diaryl/α,β-unsaturated/α-hetero) is 1.